The quantitative estimate of drug-likeness (QED) is 0.336. The van der Waals surface area contributed by atoms with Gasteiger partial charge in [-0.2, -0.15) is 4.57 Å². The Balaban J connectivity index is 0.00000256. The van der Waals surface area contributed by atoms with Gasteiger partial charge in [-0.25, -0.2) is 0 Å². The number of carboxylic acid groups (broad SMARTS) is 1. The molecule has 0 aliphatic carbocycles. The van der Waals surface area contributed by atoms with Crippen LogP contribution in [-0.2, 0) is 25.7 Å². The standard InChI is InChI=1S/C20H20N4O5.BrH/c1-11(25)23-9-14-7-13(17(20(28)29)24-16(14)18(23)19(24)27)5-4-12-3-2-6-22(8-12)10-15(21)26;/h2-6,8,14,16,18H,7,9-10H2,1H3,(H2-,21,26,28,29);1H/p-1/b5-4+;/t14?,16-,18?;/m1./s1. The van der Waals surface area contributed by atoms with Crippen molar-refractivity contribution in [2.24, 2.45) is 11.7 Å². The lowest BCUT2D eigenvalue weighted by Crippen LogP contribution is -3.00. The van der Waals surface area contributed by atoms with Crippen LogP contribution >= 0.6 is 0 Å². The van der Waals surface area contributed by atoms with Gasteiger partial charge in [0, 0.05) is 31.0 Å². The van der Waals surface area contributed by atoms with Crippen LogP contribution in [0.15, 0.2) is 41.9 Å². The molecule has 4 rings (SSSR count). The highest BCUT2D eigenvalue weighted by Crippen LogP contribution is 2.47. The molecule has 0 spiro atoms. The molecule has 2 saturated heterocycles. The first kappa shape index (κ1) is 21.7. The van der Waals surface area contributed by atoms with Crippen LogP contribution in [0.4, 0.5) is 0 Å². The molecule has 158 valence electrons. The zero-order chi connectivity index (χ0) is 20.9. The molecule has 0 bridgehead atoms. The van der Waals surface area contributed by atoms with E-state index in [1.807, 2.05) is 0 Å². The molecule has 30 heavy (non-hydrogen) atoms. The number of carbonyl (C=O) groups excluding carboxylic acids is 4. The van der Waals surface area contributed by atoms with Gasteiger partial charge in [0.1, 0.15) is 6.04 Å². The molecule has 10 heteroatoms. The Kier molecular flexibility index (Phi) is 5.80. The van der Waals surface area contributed by atoms with Gasteiger partial charge in [-0.1, -0.05) is 6.08 Å². The number of halogens is 1. The molecule has 1 aromatic heterocycles. The van der Waals surface area contributed by atoms with Crippen LogP contribution in [0.5, 0.6) is 0 Å². The maximum Gasteiger partial charge on any atom is 0.283 e. The lowest BCUT2D eigenvalue weighted by molar-refractivity contribution is -0.684. The number of amides is 3. The summed E-state index contributed by atoms with van der Waals surface area (Å²) in [5, 5.41) is 11.8. The number of pyridine rings is 1. The second-order valence-electron chi connectivity index (χ2n) is 7.55. The van der Waals surface area contributed by atoms with Crippen molar-refractivity contribution in [3.8, 4) is 0 Å². The van der Waals surface area contributed by atoms with Crippen LogP contribution in [0.1, 0.15) is 18.9 Å². The third-order valence-electron chi connectivity index (χ3n) is 5.68. The Morgan fingerprint density at radius 2 is 2.07 bits per heavy atom. The number of aromatic nitrogens is 1. The third-order valence-corrected chi connectivity index (χ3v) is 5.68. The lowest BCUT2D eigenvalue weighted by atomic mass is 9.79. The highest BCUT2D eigenvalue weighted by molar-refractivity contribution is 6.02. The molecule has 9 nitrogen and oxygen atoms in total. The molecule has 0 saturated carbocycles. The molecular weight excluding hydrogens is 456 g/mol. The second kappa shape index (κ2) is 8.02. The average Bonchev–Trinajstić information content (AvgIpc) is 3.02. The molecule has 3 amide bonds. The highest BCUT2D eigenvalue weighted by atomic mass is 79.9. The first-order valence-electron chi connectivity index (χ1n) is 9.28. The van der Waals surface area contributed by atoms with Gasteiger partial charge in [0.15, 0.2) is 12.4 Å². The number of primary amides is 1. The number of allylic oxidation sites excluding steroid dienone is 2. The first-order valence-corrected chi connectivity index (χ1v) is 9.28. The number of hydrogen-bond donors (Lipinski definition) is 1. The largest absolute Gasteiger partial charge is 1.00 e. The molecule has 1 aromatic rings. The Morgan fingerprint density at radius 3 is 2.70 bits per heavy atom. The van der Waals surface area contributed by atoms with Gasteiger partial charge >= 0.3 is 0 Å². The molecule has 2 fully saturated rings. The van der Waals surface area contributed by atoms with Gasteiger partial charge in [-0.3, -0.25) is 14.4 Å². The summed E-state index contributed by atoms with van der Waals surface area (Å²) in [7, 11) is 0. The maximum atomic E-state index is 12.6. The summed E-state index contributed by atoms with van der Waals surface area (Å²) in [6.07, 6.45) is 7.22. The summed E-state index contributed by atoms with van der Waals surface area (Å²) in [6, 6.07) is 2.68. The number of hydrogen-bond acceptors (Lipinski definition) is 5. The van der Waals surface area contributed by atoms with Gasteiger partial charge in [0.25, 0.3) is 11.8 Å². The monoisotopic (exact) mass is 475 g/mol. The summed E-state index contributed by atoms with van der Waals surface area (Å²) in [4.78, 5) is 50.1. The van der Waals surface area contributed by atoms with E-state index >= 15 is 0 Å². The highest BCUT2D eigenvalue weighted by Gasteiger charge is 2.62. The Morgan fingerprint density at radius 1 is 1.33 bits per heavy atom. The minimum atomic E-state index is -1.41. The maximum absolute atomic E-state index is 12.6. The topological polar surface area (TPSA) is 128 Å². The molecule has 3 aliphatic heterocycles. The minimum absolute atomic E-state index is 0. The number of aliphatic carboxylic acids is 1. The van der Waals surface area contributed by atoms with E-state index in [-0.39, 0.29) is 53.0 Å². The van der Waals surface area contributed by atoms with E-state index < -0.39 is 17.9 Å². The zero-order valence-corrected chi connectivity index (χ0v) is 17.7. The van der Waals surface area contributed by atoms with Crippen LogP contribution < -0.4 is 32.4 Å². The summed E-state index contributed by atoms with van der Waals surface area (Å²) in [6.45, 7) is 1.87. The van der Waals surface area contributed by atoms with Gasteiger partial charge < -0.3 is 42.4 Å². The van der Waals surface area contributed by atoms with Crippen molar-refractivity contribution in [2.75, 3.05) is 6.54 Å². The van der Waals surface area contributed by atoms with Crippen molar-refractivity contribution in [3.63, 3.8) is 0 Å². The van der Waals surface area contributed by atoms with Crippen molar-refractivity contribution < 1.29 is 45.8 Å². The van der Waals surface area contributed by atoms with E-state index in [2.05, 4.69) is 0 Å². The number of nitrogens with two attached hydrogens (primary N) is 1. The van der Waals surface area contributed by atoms with Crippen LogP contribution in [-0.4, -0.2) is 52.1 Å². The number of carbonyl (C=O) groups is 4. The number of carboxylic acids is 1. The van der Waals surface area contributed by atoms with Crippen LogP contribution in [0.2, 0.25) is 0 Å². The normalized spacial score (nSPS) is 24.4. The average molecular weight is 476 g/mol. The predicted octanol–water partition coefficient (Wildman–Crippen LogP) is -5.06. The Bertz CT molecular complexity index is 1000. The van der Waals surface area contributed by atoms with E-state index in [1.54, 1.807) is 41.2 Å². The second-order valence-corrected chi connectivity index (χ2v) is 7.55. The molecule has 3 atom stereocenters. The van der Waals surface area contributed by atoms with E-state index in [4.69, 9.17) is 5.73 Å². The van der Waals surface area contributed by atoms with E-state index in [0.29, 0.717) is 18.5 Å². The summed E-state index contributed by atoms with van der Waals surface area (Å²) in [5.41, 5.74) is 6.30. The molecule has 4 heterocycles. The fourth-order valence-electron chi connectivity index (χ4n) is 4.55. The fourth-order valence-corrected chi connectivity index (χ4v) is 4.55. The minimum Gasteiger partial charge on any atom is -1.00 e. The van der Waals surface area contributed by atoms with E-state index in [9.17, 15) is 24.3 Å². The van der Waals surface area contributed by atoms with Crippen molar-refractivity contribution in [1.82, 2.24) is 9.80 Å². The van der Waals surface area contributed by atoms with Crippen LogP contribution in [0.25, 0.3) is 6.08 Å². The first-order chi connectivity index (χ1) is 13.8. The van der Waals surface area contributed by atoms with Crippen molar-refractivity contribution >= 4 is 29.8 Å². The fraction of sp³-hybridized carbons (Fsp3) is 0.350. The Hall–Kier alpha value is -3.01. The van der Waals surface area contributed by atoms with E-state index in [1.165, 1.54) is 16.7 Å². The third kappa shape index (κ3) is 3.51. The number of nitrogens with zero attached hydrogens (tertiary/aromatic N) is 3. The number of likely N-dealkylation sites (tertiary alicyclic amines) is 1. The predicted molar refractivity (Wildman–Crippen MR) is 96.8 cm³/mol. The van der Waals surface area contributed by atoms with Gasteiger partial charge in [0.2, 0.25) is 12.5 Å². The number of rotatable bonds is 5. The Labute approximate surface area is 183 Å². The summed E-state index contributed by atoms with van der Waals surface area (Å²) < 4.78 is 1.62. The molecule has 0 radical (unpaired) electrons. The number of β-lactam (4-membered cyclic amide) rings is 1. The SMILES string of the molecule is CC(=O)N1CC2CC(/C=C/c3ccc[n+](CC(N)=O)c3)=C(C(=O)[O-])N3C(=O)C1[C@@H]23.[Br-]. The molecule has 0 aromatic carbocycles. The molecule has 2 unspecified atom stereocenters. The van der Waals surface area contributed by atoms with E-state index in [0.717, 1.165) is 5.56 Å². The van der Waals surface area contributed by atoms with Gasteiger partial charge in [-0.15, -0.1) is 0 Å². The van der Waals surface area contributed by atoms with Gasteiger partial charge in [0.05, 0.1) is 17.7 Å². The zero-order valence-electron chi connectivity index (χ0n) is 16.2. The van der Waals surface area contributed by atoms with Crippen molar-refractivity contribution in [2.45, 2.75) is 32.0 Å². The van der Waals surface area contributed by atoms with Crippen LogP contribution in [0.3, 0.4) is 0 Å². The lowest BCUT2D eigenvalue weighted by Gasteiger charge is -2.50. The smallest absolute Gasteiger partial charge is 0.283 e. The summed E-state index contributed by atoms with van der Waals surface area (Å²) >= 11 is 0. The molecule has 2 N–H and O–H groups in total. The summed E-state index contributed by atoms with van der Waals surface area (Å²) in [5.74, 6) is -2.46. The van der Waals surface area contributed by atoms with Crippen molar-refractivity contribution in [3.05, 3.63) is 47.4 Å². The van der Waals surface area contributed by atoms with Gasteiger partial charge in [-0.05, 0) is 24.1 Å². The molecular formula is C20H20BrN4O5-. The molecule has 3 aliphatic rings. The van der Waals surface area contributed by atoms with Crippen LogP contribution in [0, 0.1) is 5.92 Å². The van der Waals surface area contributed by atoms with Crippen molar-refractivity contribution in [1.29, 1.82) is 0 Å².